The molecule has 0 radical (unpaired) electrons. The maximum absolute atomic E-state index is 13.0. The van der Waals surface area contributed by atoms with Crippen LogP contribution in [0.15, 0.2) is 12.2 Å². The quantitative estimate of drug-likeness (QED) is 0.0227. The maximum atomic E-state index is 13.0. The van der Waals surface area contributed by atoms with Gasteiger partial charge in [-0.05, 0) is 155 Å². The summed E-state index contributed by atoms with van der Waals surface area (Å²) in [6.07, 6.45) is 31.3. The molecule has 3 amide bonds. The van der Waals surface area contributed by atoms with E-state index in [9.17, 15) is 34.8 Å². The number of carbonyl (C=O) groups excluding carboxylic acids is 3. The molecule has 0 bridgehead atoms. The molecule has 4 saturated carbocycles. The number of allylic oxidation sites excluding steroid dienone is 2. The van der Waals surface area contributed by atoms with Crippen molar-refractivity contribution in [3.63, 3.8) is 0 Å². The highest BCUT2D eigenvalue weighted by molar-refractivity contribution is 5.76. The molecule has 1 aliphatic heterocycles. The first kappa shape index (κ1) is 64.5. The number of hydrogen-bond donors (Lipinski definition) is 7. The second-order valence-electron chi connectivity index (χ2n) is 24.4. The van der Waals surface area contributed by atoms with Gasteiger partial charge >= 0.3 is 6.09 Å². The Labute approximate surface area is 459 Å². The fourth-order valence-electron chi connectivity index (χ4n) is 14.6. The zero-order valence-corrected chi connectivity index (χ0v) is 48.0. The van der Waals surface area contributed by atoms with Gasteiger partial charge in [-0.15, -0.1) is 0 Å². The van der Waals surface area contributed by atoms with Crippen molar-refractivity contribution in [2.45, 2.75) is 251 Å². The lowest BCUT2D eigenvalue weighted by Crippen LogP contribution is -2.59. The summed E-state index contributed by atoms with van der Waals surface area (Å²) >= 11 is 0. The number of hydrogen-bond acceptors (Lipinski definition) is 12. The first-order chi connectivity index (χ1) is 36.8. The van der Waals surface area contributed by atoms with Crippen LogP contribution < -0.4 is 16.0 Å². The van der Waals surface area contributed by atoms with Gasteiger partial charge in [0.15, 0.2) is 6.29 Å². The topological polar surface area (TPSA) is 214 Å². The molecule has 0 aromatic rings. The molecule has 1 heterocycles. The van der Waals surface area contributed by atoms with Gasteiger partial charge in [0.1, 0.15) is 30.5 Å². The van der Waals surface area contributed by atoms with E-state index in [4.69, 9.17) is 23.7 Å². The van der Waals surface area contributed by atoms with E-state index < -0.39 is 37.3 Å². The van der Waals surface area contributed by atoms with Crippen LogP contribution in [0.3, 0.4) is 0 Å². The van der Waals surface area contributed by atoms with Crippen LogP contribution >= 0.6 is 0 Å². The summed E-state index contributed by atoms with van der Waals surface area (Å²) in [6.45, 7) is 12.3. The average molecular weight is 1080 g/mol. The van der Waals surface area contributed by atoms with Crippen molar-refractivity contribution in [1.29, 1.82) is 0 Å². The van der Waals surface area contributed by atoms with E-state index in [1.165, 1.54) is 128 Å². The summed E-state index contributed by atoms with van der Waals surface area (Å²) in [5.74, 6) is 4.24. The van der Waals surface area contributed by atoms with Crippen LogP contribution in [-0.4, -0.2) is 134 Å². The first-order valence-corrected chi connectivity index (χ1v) is 31.0. The van der Waals surface area contributed by atoms with Crippen molar-refractivity contribution >= 4 is 17.9 Å². The minimum absolute atomic E-state index is 0.0224. The predicted molar refractivity (Wildman–Crippen MR) is 297 cm³/mol. The van der Waals surface area contributed by atoms with Crippen LogP contribution in [0.25, 0.3) is 0 Å². The van der Waals surface area contributed by atoms with Gasteiger partial charge in [-0.3, -0.25) is 9.59 Å². The number of unbranched alkanes of at least 4 members (excludes halogenated alkanes) is 14. The van der Waals surface area contributed by atoms with Gasteiger partial charge in [-0.2, -0.15) is 0 Å². The molecule has 0 aromatic heterocycles. The number of aliphatic hydroxyl groups excluding tert-OH is 4. The molecule has 7 N–H and O–H groups in total. The molecule has 0 spiro atoms. The lowest BCUT2D eigenvalue weighted by Gasteiger charge is -2.61. The Morgan fingerprint density at radius 1 is 0.632 bits per heavy atom. The van der Waals surface area contributed by atoms with Crippen molar-refractivity contribution in [3.05, 3.63) is 12.2 Å². The summed E-state index contributed by atoms with van der Waals surface area (Å²) in [5, 5.41) is 48.1. The Bertz CT molecular complexity index is 1650. The zero-order valence-electron chi connectivity index (χ0n) is 48.0. The molecular weight excluding hydrogens is 967 g/mol. The van der Waals surface area contributed by atoms with Gasteiger partial charge in [0.2, 0.25) is 11.8 Å². The Morgan fingerprint density at radius 2 is 1.24 bits per heavy atom. The fraction of sp³-hybridized carbons (Fsp3) is 0.918. The van der Waals surface area contributed by atoms with Gasteiger partial charge in [0.05, 0.1) is 39.6 Å². The van der Waals surface area contributed by atoms with Crippen molar-refractivity contribution < 1.29 is 58.5 Å². The van der Waals surface area contributed by atoms with Gasteiger partial charge in [-0.25, -0.2) is 4.79 Å². The molecule has 15 heteroatoms. The number of rotatable bonds is 38. The zero-order chi connectivity index (χ0) is 54.6. The monoisotopic (exact) mass is 1080 g/mol. The van der Waals surface area contributed by atoms with Crippen LogP contribution in [0.4, 0.5) is 4.79 Å². The van der Waals surface area contributed by atoms with E-state index in [1.807, 2.05) is 0 Å². The van der Waals surface area contributed by atoms with E-state index in [0.717, 1.165) is 62.7 Å². The average Bonchev–Trinajstić information content (AvgIpc) is 3.80. The highest BCUT2D eigenvalue weighted by atomic mass is 16.7. The van der Waals surface area contributed by atoms with Crippen molar-refractivity contribution in [2.24, 2.45) is 46.3 Å². The van der Waals surface area contributed by atoms with Crippen LogP contribution in [-0.2, 0) is 33.3 Å². The first-order valence-electron chi connectivity index (χ1n) is 31.0. The predicted octanol–water partition coefficient (Wildman–Crippen LogP) is 9.84. The molecule has 14 atom stereocenters. The van der Waals surface area contributed by atoms with Crippen LogP contribution in [0.1, 0.15) is 214 Å². The highest BCUT2D eigenvalue weighted by Crippen LogP contribution is 2.68. The van der Waals surface area contributed by atoms with E-state index in [1.54, 1.807) is 0 Å². The Morgan fingerprint density at radius 3 is 1.96 bits per heavy atom. The van der Waals surface area contributed by atoms with Crippen molar-refractivity contribution in [3.8, 4) is 0 Å². The molecule has 0 aromatic carbocycles. The van der Waals surface area contributed by atoms with Gasteiger partial charge < -0.3 is 60.1 Å². The molecule has 7 unspecified atom stereocenters. The van der Waals surface area contributed by atoms with Gasteiger partial charge in [-0.1, -0.05) is 104 Å². The van der Waals surface area contributed by atoms with Crippen molar-refractivity contribution in [1.82, 2.24) is 16.0 Å². The van der Waals surface area contributed by atoms with E-state index >= 15 is 0 Å². The normalized spacial score (nSPS) is 31.6. The minimum atomic E-state index is -1.49. The maximum Gasteiger partial charge on any atom is 0.407 e. The summed E-state index contributed by atoms with van der Waals surface area (Å²) in [5.41, 5.74) is 0.681. The summed E-state index contributed by atoms with van der Waals surface area (Å²) in [6, 6.07) is 0. The Balaban J connectivity index is 0.836. The number of amides is 3. The molecule has 440 valence electrons. The smallest absolute Gasteiger partial charge is 0.407 e. The van der Waals surface area contributed by atoms with Gasteiger partial charge in [0, 0.05) is 32.5 Å². The van der Waals surface area contributed by atoms with Crippen molar-refractivity contribution in [2.75, 3.05) is 59.3 Å². The largest absolute Gasteiger partial charge is 0.446 e. The summed E-state index contributed by atoms with van der Waals surface area (Å²) < 4.78 is 27.7. The lowest BCUT2D eigenvalue weighted by atomic mass is 9.44. The SMILES string of the molecule is CCCCCCCC/C=C\CCCCCCCCNC(=O)O[C@@H]1CC[C@@]2(C)C(CCC3C2CC[C@@]2(C)C3CC[C@@H]2[C@H](C)CCC(=O)NCCCCCC(=O)NCCOCCOCCO[C@H]2OC(CO)[C@@H](O)C(O)C2O)C1. The molecular formula is C61H109N3O12. The second kappa shape index (κ2) is 35.4. The summed E-state index contributed by atoms with van der Waals surface area (Å²) in [7, 11) is 0. The number of alkyl carbamates (subject to hydrolysis) is 1. The molecule has 76 heavy (non-hydrogen) atoms. The lowest BCUT2D eigenvalue weighted by molar-refractivity contribution is -0.302. The molecule has 4 aliphatic carbocycles. The standard InChI is InChI=1S/C61H109N3O12/c1-5-6-7-8-9-10-11-12-13-14-15-16-17-18-19-22-36-64-59(71)75-47-31-33-60(3)46(43-47)26-27-48-50-29-28-49(61(50,4)34-32-51(48)60)45(2)25-30-54(67)62-35-23-20-21-24-53(66)63-37-38-72-39-40-73-41-42-74-58-57(70)56(69)55(68)52(44-65)76-58/h12-13,45-52,55-58,65,68-70H,5-11,14-44H2,1-4H3,(H,62,67)(H,63,66)(H,64,71)/b13-12-/t45-,46?,47-,48?,49-,50?,51?,52?,55-,56?,57?,58+,60+,61-/m1/s1. The third kappa shape index (κ3) is 20.6. The van der Waals surface area contributed by atoms with Crippen LogP contribution in [0.2, 0.25) is 0 Å². The summed E-state index contributed by atoms with van der Waals surface area (Å²) in [4.78, 5) is 38.2. The van der Waals surface area contributed by atoms with Gasteiger partial charge in [0.25, 0.3) is 0 Å². The highest BCUT2D eigenvalue weighted by Gasteiger charge is 2.61. The molecule has 5 aliphatic rings. The third-order valence-electron chi connectivity index (χ3n) is 19.1. The number of aliphatic hydroxyl groups is 4. The number of fused-ring (bicyclic) bond motifs is 5. The van der Waals surface area contributed by atoms with E-state index in [-0.39, 0.29) is 37.2 Å². The van der Waals surface area contributed by atoms with Crippen LogP contribution in [0, 0.1) is 46.3 Å². The number of nitrogens with one attached hydrogen (secondary N) is 3. The molecule has 5 rings (SSSR count). The molecule has 1 saturated heterocycles. The second-order valence-corrected chi connectivity index (χ2v) is 24.4. The van der Waals surface area contributed by atoms with E-state index in [2.05, 4.69) is 55.8 Å². The Hall–Kier alpha value is -2.37. The molecule has 5 fully saturated rings. The Kier molecular flexibility index (Phi) is 30.0. The third-order valence-corrected chi connectivity index (χ3v) is 19.1. The number of carbonyl (C=O) groups is 3. The minimum Gasteiger partial charge on any atom is -0.446 e. The van der Waals surface area contributed by atoms with Crippen LogP contribution in [0.5, 0.6) is 0 Å². The molecule has 15 nitrogen and oxygen atoms in total. The van der Waals surface area contributed by atoms with E-state index in [0.29, 0.717) is 80.9 Å². The number of ether oxygens (including phenoxy) is 5. The fourth-order valence-corrected chi connectivity index (χ4v) is 14.6.